The Labute approximate surface area is 202 Å². The Morgan fingerprint density at radius 2 is 1.79 bits per heavy atom. The Morgan fingerprint density at radius 1 is 1.03 bits per heavy atom. The fourth-order valence-electron chi connectivity index (χ4n) is 3.29. The van der Waals surface area contributed by atoms with E-state index in [-0.39, 0.29) is 11.4 Å². The van der Waals surface area contributed by atoms with Gasteiger partial charge in [0.2, 0.25) is 5.17 Å². The molecule has 0 radical (unpaired) electrons. The van der Waals surface area contributed by atoms with Crippen LogP contribution in [0.2, 0.25) is 0 Å². The first-order valence-corrected chi connectivity index (χ1v) is 11.9. The number of nitrogens with zero attached hydrogens (tertiary/aromatic N) is 3. The number of amides is 1. The van der Waals surface area contributed by atoms with Crippen LogP contribution in [0.3, 0.4) is 0 Å². The van der Waals surface area contributed by atoms with Gasteiger partial charge < -0.3 is 14.2 Å². The van der Waals surface area contributed by atoms with E-state index >= 15 is 0 Å². The summed E-state index contributed by atoms with van der Waals surface area (Å²) in [5.41, 5.74) is 2.05. The number of aryl methyl sites for hydroxylation is 1. The number of thioether (sulfide) groups is 1. The molecule has 2 aromatic carbocycles. The van der Waals surface area contributed by atoms with Gasteiger partial charge in [-0.1, -0.05) is 30.7 Å². The second kappa shape index (κ2) is 10.6. The van der Waals surface area contributed by atoms with Crippen LogP contribution in [0.15, 0.2) is 58.1 Å². The number of carbonyl (C=O) groups excluding carboxylic acids is 1. The van der Waals surface area contributed by atoms with Gasteiger partial charge in [0, 0.05) is 0 Å². The summed E-state index contributed by atoms with van der Waals surface area (Å²) in [5.74, 6) is 1.47. The van der Waals surface area contributed by atoms with Gasteiger partial charge in [0.05, 0.1) is 12.2 Å². The van der Waals surface area contributed by atoms with Crippen LogP contribution in [0.4, 0.5) is 0 Å². The molecule has 0 saturated carbocycles. The van der Waals surface area contributed by atoms with Gasteiger partial charge in [-0.05, 0) is 67.9 Å². The number of ether oxygens (including phenoxy) is 3. The number of fused-ring (bicyclic) bond motifs is 1. The molecule has 2 aromatic rings. The minimum atomic E-state index is -0.456. The van der Waals surface area contributed by atoms with Gasteiger partial charge >= 0.3 is 0 Å². The van der Waals surface area contributed by atoms with Gasteiger partial charge in [-0.2, -0.15) is 15.1 Å². The third kappa shape index (κ3) is 5.31. The van der Waals surface area contributed by atoms with Crippen molar-refractivity contribution in [2.24, 2.45) is 10.1 Å². The molecule has 0 spiro atoms. The number of hydrogen-bond acceptors (Lipinski definition) is 7. The van der Waals surface area contributed by atoms with E-state index in [0.29, 0.717) is 42.1 Å². The van der Waals surface area contributed by atoms with Gasteiger partial charge in [0.1, 0.15) is 24.0 Å². The summed E-state index contributed by atoms with van der Waals surface area (Å²) in [6, 6.07) is 13.2. The van der Waals surface area contributed by atoms with Crippen molar-refractivity contribution in [2.75, 3.05) is 19.8 Å². The molecule has 8 nitrogen and oxygen atoms in total. The fraction of sp³-hybridized carbons (Fsp3) is 0.280. The first kappa shape index (κ1) is 23.6. The number of amidine groups is 2. The van der Waals surface area contributed by atoms with Crippen LogP contribution in [0, 0.1) is 12.3 Å². The average molecular weight is 479 g/mol. The van der Waals surface area contributed by atoms with Crippen LogP contribution >= 0.6 is 11.8 Å². The summed E-state index contributed by atoms with van der Waals surface area (Å²) >= 11 is 1.32. The number of aliphatic imine (C=N–C) groups is 1. The maximum absolute atomic E-state index is 12.6. The number of rotatable bonds is 9. The summed E-state index contributed by atoms with van der Waals surface area (Å²) in [4.78, 5) is 16.7. The van der Waals surface area contributed by atoms with Gasteiger partial charge in [-0.25, -0.2) is 0 Å². The molecule has 176 valence electrons. The van der Waals surface area contributed by atoms with Gasteiger partial charge in [0.25, 0.3) is 5.91 Å². The quantitative estimate of drug-likeness (QED) is 0.408. The maximum Gasteiger partial charge on any atom is 0.283 e. The molecule has 2 heterocycles. The lowest BCUT2D eigenvalue weighted by atomic mass is 10.1. The molecule has 34 heavy (non-hydrogen) atoms. The average Bonchev–Trinajstić information content (AvgIpc) is 3.25. The minimum absolute atomic E-state index is 0.0116. The van der Waals surface area contributed by atoms with Gasteiger partial charge in [0.15, 0.2) is 17.3 Å². The highest BCUT2D eigenvalue weighted by Crippen LogP contribution is 2.32. The first-order valence-electron chi connectivity index (χ1n) is 11.1. The van der Waals surface area contributed by atoms with Crippen molar-refractivity contribution < 1.29 is 19.0 Å². The summed E-state index contributed by atoms with van der Waals surface area (Å²) in [7, 11) is 0. The number of benzene rings is 2. The third-order valence-electron chi connectivity index (χ3n) is 5.01. The van der Waals surface area contributed by atoms with E-state index in [1.165, 1.54) is 22.3 Å². The van der Waals surface area contributed by atoms with Gasteiger partial charge in [-0.15, -0.1) is 0 Å². The summed E-state index contributed by atoms with van der Waals surface area (Å²) in [6.07, 6.45) is 2.35. The molecule has 2 aliphatic heterocycles. The van der Waals surface area contributed by atoms with Crippen LogP contribution in [-0.4, -0.2) is 46.8 Å². The van der Waals surface area contributed by atoms with Crippen LogP contribution in [0.5, 0.6) is 17.2 Å². The number of nitrogens with one attached hydrogen (secondary N) is 1. The molecule has 0 saturated heterocycles. The first-order chi connectivity index (χ1) is 16.5. The summed E-state index contributed by atoms with van der Waals surface area (Å²) in [6.45, 7) is 7.08. The smallest absolute Gasteiger partial charge is 0.283 e. The van der Waals surface area contributed by atoms with E-state index in [0.717, 1.165) is 17.2 Å². The summed E-state index contributed by atoms with van der Waals surface area (Å²) < 4.78 is 17.3. The molecule has 0 bridgehead atoms. The highest BCUT2D eigenvalue weighted by atomic mass is 32.2. The van der Waals surface area contributed by atoms with Crippen molar-refractivity contribution in [2.45, 2.75) is 27.2 Å². The number of hydrogen-bond donors (Lipinski definition) is 1. The monoisotopic (exact) mass is 478 g/mol. The molecule has 1 amide bonds. The van der Waals surface area contributed by atoms with E-state index in [1.807, 2.05) is 51.1 Å². The predicted molar refractivity (Wildman–Crippen MR) is 135 cm³/mol. The second-order valence-electron chi connectivity index (χ2n) is 7.52. The minimum Gasteiger partial charge on any atom is -0.490 e. The third-order valence-corrected chi connectivity index (χ3v) is 6.06. The molecule has 1 N–H and O–H groups in total. The standard InChI is InChI=1S/C25H26N4O4S/c1-4-22-28-29-23(26)19(24(30)27-25(29)34-22)14-17-8-11-20(21(15-17)31-5-2)33-13-12-32-18-9-6-16(3)7-10-18/h6-11,14-15,26H,4-5,12-13H2,1-3H3. The largest absolute Gasteiger partial charge is 0.490 e. The second-order valence-corrected chi connectivity index (χ2v) is 8.56. The zero-order valence-electron chi connectivity index (χ0n) is 19.3. The van der Waals surface area contributed by atoms with E-state index in [9.17, 15) is 4.79 Å². The molecule has 0 aromatic heterocycles. The maximum atomic E-state index is 12.6. The lowest BCUT2D eigenvalue weighted by Gasteiger charge is -2.20. The highest BCUT2D eigenvalue weighted by molar-refractivity contribution is 8.26. The molecule has 0 fully saturated rings. The Hall–Kier alpha value is -3.59. The zero-order chi connectivity index (χ0) is 24.1. The molecule has 0 atom stereocenters. The van der Waals surface area contributed by atoms with Crippen molar-refractivity contribution in [3.63, 3.8) is 0 Å². The zero-order valence-corrected chi connectivity index (χ0v) is 20.1. The molecule has 4 rings (SSSR count). The molecule has 0 unspecified atom stereocenters. The van der Waals surface area contributed by atoms with E-state index in [1.54, 1.807) is 18.2 Å². The Morgan fingerprint density at radius 3 is 2.53 bits per heavy atom. The summed E-state index contributed by atoms with van der Waals surface area (Å²) in [5, 5.41) is 15.5. The van der Waals surface area contributed by atoms with Crippen molar-refractivity contribution in [3.05, 3.63) is 59.2 Å². The molecule has 0 aliphatic carbocycles. The molecule has 2 aliphatic rings. The van der Waals surface area contributed by atoms with Crippen LogP contribution in [-0.2, 0) is 4.79 Å². The van der Waals surface area contributed by atoms with Crippen molar-refractivity contribution in [3.8, 4) is 17.2 Å². The molecular weight excluding hydrogens is 452 g/mol. The normalized spacial score (nSPS) is 16.3. The van der Waals surface area contributed by atoms with E-state index in [4.69, 9.17) is 19.6 Å². The number of hydrazone groups is 1. The van der Waals surface area contributed by atoms with Crippen molar-refractivity contribution in [1.82, 2.24) is 5.01 Å². The molecule has 9 heteroatoms. The highest BCUT2D eigenvalue weighted by Gasteiger charge is 2.35. The predicted octanol–water partition coefficient (Wildman–Crippen LogP) is 4.88. The lowest BCUT2D eigenvalue weighted by molar-refractivity contribution is -0.114. The van der Waals surface area contributed by atoms with Crippen LogP contribution in [0.25, 0.3) is 6.08 Å². The number of carbonyl (C=O) groups is 1. The Bertz CT molecular complexity index is 1190. The van der Waals surface area contributed by atoms with Crippen LogP contribution in [0.1, 0.15) is 31.4 Å². The fourth-order valence-corrected chi connectivity index (χ4v) is 4.11. The molecular formula is C25H26N4O4S. The SMILES string of the molecule is CCOc1cc(C=C2C(=N)N3N=C(CC)SC3=NC2=O)ccc1OCCOc1ccc(C)cc1. The van der Waals surface area contributed by atoms with Gasteiger partial charge in [-0.3, -0.25) is 10.2 Å². The van der Waals surface area contributed by atoms with Crippen LogP contribution < -0.4 is 14.2 Å². The Kier molecular flexibility index (Phi) is 7.32. The topological polar surface area (TPSA) is 96.6 Å². The Balaban J connectivity index is 1.46. The van der Waals surface area contributed by atoms with Crippen molar-refractivity contribution in [1.29, 1.82) is 5.41 Å². The van der Waals surface area contributed by atoms with E-state index < -0.39 is 5.91 Å². The lowest BCUT2D eigenvalue weighted by Crippen LogP contribution is -2.35. The van der Waals surface area contributed by atoms with Crippen molar-refractivity contribution >= 4 is 39.8 Å². The van der Waals surface area contributed by atoms with E-state index in [2.05, 4.69) is 10.1 Å².